The van der Waals surface area contributed by atoms with Crippen LogP contribution in [-0.2, 0) is 10.1 Å². The van der Waals surface area contributed by atoms with Gasteiger partial charge in [0.25, 0.3) is 15.7 Å². The molecule has 0 saturated heterocycles. The second-order valence-electron chi connectivity index (χ2n) is 4.80. The van der Waals surface area contributed by atoms with Gasteiger partial charge in [-0.3, -0.25) is 14.4 Å². The highest BCUT2D eigenvalue weighted by Crippen LogP contribution is 2.25. The predicted molar refractivity (Wildman–Crippen MR) is 77.1 cm³/mol. The van der Waals surface area contributed by atoms with Gasteiger partial charge in [0.05, 0.1) is 17.4 Å². The first-order valence-electron chi connectivity index (χ1n) is 6.24. The van der Waals surface area contributed by atoms with Gasteiger partial charge < -0.3 is 5.11 Å². The van der Waals surface area contributed by atoms with Crippen LogP contribution < -0.4 is 5.56 Å². The molecule has 0 amide bonds. The Morgan fingerprint density at radius 1 is 1.24 bits per heavy atom. The van der Waals surface area contributed by atoms with Gasteiger partial charge in [-0.1, -0.05) is 18.2 Å². The van der Waals surface area contributed by atoms with Gasteiger partial charge >= 0.3 is 0 Å². The number of nitrogens with one attached hydrogen (secondary N) is 1. The molecule has 1 aromatic heterocycles. The maximum atomic E-state index is 12.4. The Bertz CT molecular complexity index is 790. The number of H-pyrrole nitrogens is 1. The number of rotatable bonds is 4. The van der Waals surface area contributed by atoms with E-state index in [9.17, 15) is 22.9 Å². The number of aliphatic hydroxyl groups excluding tert-OH is 1. The fourth-order valence-corrected chi connectivity index (χ4v) is 3.37. The number of aromatic nitrogens is 2. The minimum Gasteiger partial charge on any atom is -0.392 e. The predicted octanol–water partition coefficient (Wildman–Crippen LogP) is 0.784. The number of nitrogens with zero attached hydrogens (tertiary/aromatic N) is 1. The summed E-state index contributed by atoms with van der Waals surface area (Å²) in [5.74, 6) is 0. The Balaban J connectivity index is 2.68. The third-order valence-electron chi connectivity index (χ3n) is 3.17. The summed E-state index contributed by atoms with van der Waals surface area (Å²) in [6.45, 7) is 2.72. The molecular formula is C13H16N2O5S. The third kappa shape index (κ3) is 2.92. The van der Waals surface area contributed by atoms with Crippen LogP contribution in [0.4, 0.5) is 0 Å². The molecule has 0 aliphatic carbocycles. The number of hydrogen-bond acceptors (Lipinski definition) is 4. The van der Waals surface area contributed by atoms with Crippen molar-refractivity contribution in [2.24, 2.45) is 0 Å². The van der Waals surface area contributed by atoms with Crippen LogP contribution in [0.2, 0.25) is 0 Å². The van der Waals surface area contributed by atoms with Gasteiger partial charge in [-0.2, -0.15) is 8.42 Å². The van der Waals surface area contributed by atoms with Crippen molar-refractivity contribution in [3.05, 3.63) is 51.9 Å². The van der Waals surface area contributed by atoms with E-state index in [1.165, 1.54) is 18.5 Å². The normalized spacial score (nSPS) is 14.9. The molecule has 0 saturated carbocycles. The quantitative estimate of drug-likeness (QED) is 0.722. The fraction of sp³-hybridized carbons (Fsp3) is 0.308. The summed E-state index contributed by atoms with van der Waals surface area (Å²) in [4.78, 5) is 12.4. The molecule has 0 bridgehead atoms. The average Bonchev–Trinajstić information content (AvgIpc) is 2.66. The SMILES string of the molecule is Cc1[nH]n(-c2ccccc2)c(=O)c1[C@H]([C@H](C)O)S(=O)(=O)O. The van der Waals surface area contributed by atoms with E-state index < -0.39 is 27.0 Å². The van der Waals surface area contributed by atoms with Crippen molar-refractivity contribution >= 4 is 10.1 Å². The van der Waals surface area contributed by atoms with E-state index in [4.69, 9.17) is 0 Å². The number of aryl methyl sites for hydroxylation is 1. The van der Waals surface area contributed by atoms with E-state index in [0.717, 1.165) is 0 Å². The lowest BCUT2D eigenvalue weighted by atomic mass is 10.1. The third-order valence-corrected chi connectivity index (χ3v) is 4.45. The van der Waals surface area contributed by atoms with Crippen LogP contribution in [0.3, 0.4) is 0 Å². The van der Waals surface area contributed by atoms with Gasteiger partial charge in [-0.15, -0.1) is 0 Å². The highest BCUT2D eigenvalue weighted by molar-refractivity contribution is 7.86. The molecule has 21 heavy (non-hydrogen) atoms. The van der Waals surface area contributed by atoms with Crippen molar-refractivity contribution in [3.8, 4) is 5.69 Å². The molecule has 7 nitrogen and oxygen atoms in total. The van der Waals surface area contributed by atoms with Crippen LogP contribution in [0.5, 0.6) is 0 Å². The summed E-state index contributed by atoms with van der Waals surface area (Å²) >= 11 is 0. The van der Waals surface area contributed by atoms with Crippen molar-refractivity contribution in [2.45, 2.75) is 25.2 Å². The van der Waals surface area contributed by atoms with E-state index in [0.29, 0.717) is 5.69 Å². The average molecular weight is 312 g/mol. The van der Waals surface area contributed by atoms with E-state index in [1.807, 2.05) is 0 Å². The summed E-state index contributed by atoms with van der Waals surface area (Å²) in [5, 5.41) is 10.7. The molecule has 0 fully saturated rings. The maximum Gasteiger partial charge on any atom is 0.276 e. The molecule has 1 aromatic carbocycles. The van der Waals surface area contributed by atoms with E-state index in [-0.39, 0.29) is 11.3 Å². The summed E-state index contributed by atoms with van der Waals surface area (Å²) in [7, 11) is -4.61. The number of aromatic amines is 1. The maximum absolute atomic E-state index is 12.4. The smallest absolute Gasteiger partial charge is 0.276 e. The molecule has 1 heterocycles. The van der Waals surface area contributed by atoms with Crippen molar-refractivity contribution in [1.29, 1.82) is 0 Å². The second kappa shape index (κ2) is 5.47. The molecule has 0 spiro atoms. The lowest BCUT2D eigenvalue weighted by Gasteiger charge is -2.15. The topological polar surface area (TPSA) is 112 Å². The number of para-hydroxylation sites is 1. The first-order valence-corrected chi connectivity index (χ1v) is 7.75. The van der Waals surface area contributed by atoms with Gasteiger partial charge in [-0.25, -0.2) is 4.68 Å². The van der Waals surface area contributed by atoms with Crippen LogP contribution in [-0.4, -0.2) is 34.0 Å². The molecule has 114 valence electrons. The number of aliphatic hydroxyl groups is 1. The zero-order valence-electron chi connectivity index (χ0n) is 11.5. The zero-order chi connectivity index (χ0) is 15.8. The molecular weight excluding hydrogens is 296 g/mol. The summed E-state index contributed by atoms with van der Waals surface area (Å²) in [5.41, 5.74) is 0.00230. The highest BCUT2D eigenvalue weighted by atomic mass is 32.2. The van der Waals surface area contributed by atoms with Gasteiger partial charge in [0.1, 0.15) is 5.25 Å². The lowest BCUT2D eigenvalue weighted by molar-refractivity contribution is 0.184. The Labute approximate surface area is 121 Å². The summed E-state index contributed by atoms with van der Waals surface area (Å²) in [6.07, 6.45) is -1.42. The van der Waals surface area contributed by atoms with Crippen molar-refractivity contribution in [3.63, 3.8) is 0 Å². The standard InChI is InChI=1S/C13H16N2O5S/c1-8-11(12(9(2)16)21(18,19)20)13(17)15(14-8)10-6-4-3-5-7-10/h3-7,9,12,14,16H,1-2H3,(H,18,19,20)/t9-,12-/m0/s1. The summed E-state index contributed by atoms with van der Waals surface area (Å²) < 4.78 is 33.4. The van der Waals surface area contributed by atoms with Crippen molar-refractivity contribution in [2.75, 3.05) is 0 Å². The van der Waals surface area contributed by atoms with Gasteiger partial charge in [0, 0.05) is 5.69 Å². The van der Waals surface area contributed by atoms with Crippen LogP contribution >= 0.6 is 0 Å². The molecule has 2 rings (SSSR count). The second-order valence-corrected chi connectivity index (χ2v) is 6.34. The van der Waals surface area contributed by atoms with Crippen LogP contribution in [0.15, 0.2) is 35.1 Å². The van der Waals surface area contributed by atoms with E-state index >= 15 is 0 Å². The first-order chi connectivity index (χ1) is 9.73. The Morgan fingerprint density at radius 3 is 2.29 bits per heavy atom. The van der Waals surface area contributed by atoms with Gasteiger partial charge in [0.15, 0.2) is 0 Å². The first kappa shape index (κ1) is 15.5. The minimum absolute atomic E-state index is 0.170. The monoisotopic (exact) mass is 312 g/mol. The fourth-order valence-electron chi connectivity index (χ4n) is 2.29. The van der Waals surface area contributed by atoms with Gasteiger partial charge in [-0.05, 0) is 26.0 Å². The van der Waals surface area contributed by atoms with Crippen LogP contribution in [0.1, 0.15) is 23.4 Å². The highest BCUT2D eigenvalue weighted by Gasteiger charge is 2.35. The molecule has 0 aliphatic heterocycles. The zero-order valence-corrected chi connectivity index (χ0v) is 12.3. The van der Waals surface area contributed by atoms with Crippen molar-refractivity contribution in [1.82, 2.24) is 9.78 Å². The molecule has 0 unspecified atom stereocenters. The largest absolute Gasteiger partial charge is 0.392 e. The van der Waals surface area contributed by atoms with Crippen LogP contribution in [0, 0.1) is 6.92 Å². The van der Waals surface area contributed by atoms with E-state index in [1.54, 1.807) is 30.3 Å². The molecule has 0 aliphatic rings. The van der Waals surface area contributed by atoms with Gasteiger partial charge in [0.2, 0.25) is 0 Å². The number of benzene rings is 1. The van der Waals surface area contributed by atoms with Crippen LogP contribution in [0.25, 0.3) is 5.69 Å². The molecule has 8 heteroatoms. The lowest BCUT2D eigenvalue weighted by Crippen LogP contribution is -2.29. The Hall–Kier alpha value is -1.90. The molecule has 2 aromatic rings. The Kier molecular flexibility index (Phi) is 4.04. The number of hydrogen-bond donors (Lipinski definition) is 3. The summed E-state index contributed by atoms with van der Waals surface area (Å²) in [6, 6.07) is 8.58. The van der Waals surface area contributed by atoms with E-state index in [2.05, 4.69) is 5.10 Å². The molecule has 2 atom stereocenters. The molecule has 0 radical (unpaired) electrons. The van der Waals surface area contributed by atoms with Crippen molar-refractivity contribution < 1.29 is 18.1 Å². The minimum atomic E-state index is -4.61. The molecule has 3 N–H and O–H groups in total. The Morgan fingerprint density at radius 2 is 1.81 bits per heavy atom.